The monoisotopic (exact) mass is 435 g/mol. The zero-order chi connectivity index (χ0) is 22.4. The highest BCUT2D eigenvalue weighted by molar-refractivity contribution is 5.24. The van der Waals surface area contributed by atoms with E-state index < -0.39 is 18.6 Å². The second kappa shape index (κ2) is 14.2. The average Bonchev–Trinajstić information content (AvgIpc) is 2.79. The molecule has 0 spiro atoms. The maximum absolute atomic E-state index is 13.9. The van der Waals surface area contributed by atoms with Crippen LogP contribution in [0.4, 0.5) is 8.78 Å². The third-order valence-electron chi connectivity index (χ3n) is 5.18. The molecule has 0 bridgehead atoms. The summed E-state index contributed by atoms with van der Waals surface area (Å²) in [6, 6.07) is 16.6. The standard InChI is InChI=1S/C25H35F2NO3/c26-25(27,14-13-21-9-4-3-5-10-21)20-31-16-7-2-1-6-15-28-18-24(30)23-12-8-11-22(17-23)19-29/h3-5,8-12,17,24,28-30H,1-2,6-7,13-16,18-20H2. The fourth-order valence-electron chi connectivity index (χ4n) is 3.33. The van der Waals surface area contributed by atoms with Crippen molar-refractivity contribution in [3.8, 4) is 0 Å². The topological polar surface area (TPSA) is 61.7 Å². The summed E-state index contributed by atoms with van der Waals surface area (Å²) in [6.07, 6.45) is 3.19. The molecule has 0 aliphatic carbocycles. The molecule has 0 aliphatic heterocycles. The minimum Gasteiger partial charge on any atom is -0.392 e. The van der Waals surface area contributed by atoms with Crippen molar-refractivity contribution in [2.45, 2.75) is 57.2 Å². The van der Waals surface area contributed by atoms with Gasteiger partial charge < -0.3 is 20.3 Å². The Kier molecular flexibility index (Phi) is 11.7. The molecule has 2 aromatic rings. The van der Waals surface area contributed by atoms with Crippen LogP contribution in [0.25, 0.3) is 0 Å². The van der Waals surface area contributed by atoms with Gasteiger partial charge in [0, 0.05) is 19.6 Å². The lowest BCUT2D eigenvalue weighted by molar-refractivity contribution is -0.0822. The van der Waals surface area contributed by atoms with E-state index in [4.69, 9.17) is 9.84 Å². The Hall–Kier alpha value is -1.86. The van der Waals surface area contributed by atoms with Crippen LogP contribution in [0.2, 0.25) is 0 Å². The Morgan fingerprint density at radius 1 is 0.935 bits per heavy atom. The van der Waals surface area contributed by atoms with Gasteiger partial charge in [0.15, 0.2) is 0 Å². The number of aryl methyl sites for hydroxylation is 1. The first kappa shape index (κ1) is 25.4. The molecule has 0 radical (unpaired) electrons. The fourth-order valence-corrected chi connectivity index (χ4v) is 3.33. The average molecular weight is 436 g/mol. The lowest BCUT2D eigenvalue weighted by Crippen LogP contribution is -2.24. The summed E-state index contributed by atoms with van der Waals surface area (Å²) in [5.41, 5.74) is 2.49. The second-order valence-electron chi connectivity index (χ2n) is 7.93. The first-order valence-electron chi connectivity index (χ1n) is 11.1. The zero-order valence-corrected chi connectivity index (χ0v) is 18.1. The molecule has 0 heterocycles. The van der Waals surface area contributed by atoms with Crippen LogP contribution in [-0.2, 0) is 17.8 Å². The molecule has 172 valence electrons. The van der Waals surface area contributed by atoms with Crippen LogP contribution in [0.5, 0.6) is 0 Å². The number of rotatable bonds is 16. The van der Waals surface area contributed by atoms with Crippen LogP contribution < -0.4 is 5.32 Å². The smallest absolute Gasteiger partial charge is 0.271 e. The van der Waals surface area contributed by atoms with Crippen molar-refractivity contribution >= 4 is 0 Å². The molecule has 2 aromatic carbocycles. The number of aliphatic hydroxyl groups excluding tert-OH is 2. The van der Waals surface area contributed by atoms with Crippen LogP contribution in [0.15, 0.2) is 54.6 Å². The van der Waals surface area contributed by atoms with E-state index in [1.165, 1.54) is 0 Å². The number of hydrogen-bond donors (Lipinski definition) is 3. The van der Waals surface area contributed by atoms with Crippen molar-refractivity contribution in [2.24, 2.45) is 0 Å². The minimum atomic E-state index is -2.79. The van der Waals surface area contributed by atoms with E-state index in [2.05, 4.69) is 5.32 Å². The summed E-state index contributed by atoms with van der Waals surface area (Å²) in [5.74, 6) is -2.79. The van der Waals surface area contributed by atoms with Crippen molar-refractivity contribution in [1.82, 2.24) is 5.32 Å². The molecule has 3 N–H and O–H groups in total. The van der Waals surface area contributed by atoms with E-state index in [0.717, 1.165) is 48.9 Å². The number of nitrogens with one attached hydrogen (secondary N) is 1. The predicted octanol–water partition coefficient (Wildman–Crippen LogP) is 4.65. The number of alkyl halides is 2. The number of hydrogen-bond acceptors (Lipinski definition) is 4. The van der Waals surface area contributed by atoms with Crippen molar-refractivity contribution in [3.05, 3.63) is 71.3 Å². The summed E-state index contributed by atoms with van der Waals surface area (Å²) in [5, 5.41) is 22.6. The Morgan fingerprint density at radius 2 is 1.68 bits per heavy atom. The van der Waals surface area contributed by atoms with E-state index in [9.17, 15) is 13.9 Å². The van der Waals surface area contributed by atoms with Crippen molar-refractivity contribution in [2.75, 3.05) is 26.3 Å². The summed E-state index contributed by atoms with van der Waals surface area (Å²) in [7, 11) is 0. The third-order valence-corrected chi connectivity index (χ3v) is 5.18. The van der Waals surface area contributed by atoms with Gasteiger partial charge in [0.2, 0.25) is 0 Å². The molecule has 2 rings (SSSR count). The Bertz CT molecular complexity index is 728. The maximum Gasteiger partial charge on any atom is 0.271 e. The molecular weight excluding hydrogens is 400 g/mol. The van der Waals surface area contributed by atoms with E-state index in [1.807, 2.05) is 48.5 Å². The highest BCUT2D eigenvalue weighted by Gasteiger charge is 2.28. The van der Waals surface area contributed by atoms with E-state index in [0.29, 0.717) is 19.6 Å². The summed E-state index contributed by atoms with van der Waals surface area (Å²) in [6.45, 7) is 1.04. The van der Waals surface area contributed by atoms with E-state index >= 15 is 0 Å². The predicted molar refractivity (Wildman–Crippen MR) is 119 cm³/mol. The molecule has 4 nitrogen and oxygen atoms in total. The van der Waals surface area contributed by atoms with Gasteiger partial charge in [-0.3, -0.25) is 0 Å². The summed E-state index contributed by atoms with van der Waals surface area (Å²) >= 11 is 0. The SMILES string of the molecule is OCc1cccc(C(O)CNCCCCCCOCC(F)(F)CCc2ccccc2)c1. The molecule has 0 aromatic heterocycles. The first-order valence-corrected chi connectivity index (χ1v) is 11.1. The van der Waals surface area contributed by atoms with Gasteiger partial charge in [0.05, 0.1) is 12.7 Å². The Labute approximate surface area is 184 Å². The van der Waals surface area contributed by atoms with Gasteiger partial charge in [-0.2, -0.15) is 0 Å². The lowest BCUT2D eigenvalue weighted by atomic mass is 10.1. The zero-order valence-electron chi connectivity index (χ0n) is 18.1. The Balaban J connectivity index is 1.44. The van der Waals surface area contributed by atoms with E-state index in [-0.39, 0.29) is 13.0 Å². The molecule has 0 saturated carbocycles. The van der Waals surface area contributed by atoms with Gasteiger partial charge in [0.25, 0.3) is 5.92 Å². The second-order valence-corrected chi connectivity index (χ2v) is 7.93. The fraction of sp³-hybridized carbons (Fsp3) is 0.520. The van der Waals surface area contributed by atoms with Gasteiger partial charge in [-0.1, -0.05) is 67.4 Å². The molecule has 0 amide bonds. The number of halogens is 2. The van der Waals surface area contributed by atoms with Crippen molar-refractivity contribution < 1.29 is 23.7 Å². The third kappa shape index (κ3) is 10.8. The first-order chi connectivity index (χ1) is 15.0. The van der Waals surface area contributed by atoms with Gasteiger partial charge in [0.1, 0.15) is 6.61 Å². The van der Waals surface area contributed by atoms with Crippen LogP contribution in [0, 0.1) is 0 Å². The van der Waals surface area contributed by atoms with Crippen LogP contribution in [0.1, 0.15) is 54.9 Å². The molecular formula is C25H35F2NO3. The maximum atomic E-state index is 13.9. The van der Waals surface area contributed by atoms with Gasteiger partial charge in [-0.05, 0) is 42.5 Å². The van der Waals surface area contributed by atoms with Crippen LogP contribution >= 0.6 is 0 Å². The highest BCUT2D eigenvalue weighted by atomic mass is 19.3. The molecule has 0 aliphatic rings. The molecule has 0 saturated heterocycles. The van der Waals surface area contributed by atoms with E-state index in [1.54, 1.807) is 6.07 Å². The number of ether oxygens (including phenoxy) is 1. The van der Waals surface area contributed by atoms with Crippen LogP contribution in [-0.4, -0.2) is 42.4 Å². The number of unbranched alkanes of at least 4 members (excludes halogenated alkanes) is 3. The van der Waals surface area contributed by atoms with Gasteiger partial charge in [-0.25, -0.2) is 8.78 Å². The van der Waals surface area contributed by atoms with Gasteiger partial charge >= 0.3 is 0 Å². The molecule has 1 unspecified atom stereocenters. The summed E-state index contributed by atoms with van der Waals surface area (Å²) < 4.78 is 33.0. The molecule has 0 fully saturated rings. The lowest BCUT2D eigenvalue weighted by Gasteiger charge is -2.16. The van der Waals surface area contributed by atoms with Crippen molar-refractivity contribution in [3.63, 3.8) is 0 Å². The number of aliphatic hydroxyl groups is 2. The Morgan fingerprint density at radius 3 is 2.45 bits per heavy atom. The van der Waals surface area contributed by atoms with Gasteiger partial charge in [-0.15, -0.1) is 0 Å². The summed E-state index contributed by atoms with van der Waals surface area (Å²) in [4.78, 5) is 0. The quantitative estimate of drug-likeness (QED) is 0.336. The largest absolute Gasteiger partial charge is 0.392 e. The normalized spacial score (nSPS) is 12.8. The minimum absolute atomic E-state index is 0.0387. The molecule has 6 heteroatoms. The molecule has 1 atom stereocenters. The number of benzene rings is 2. The molecule has 31 heavy (non-hydrogen) atoms. The van der Waals surface area contributed by atoms with Crippen LogP contribution in [0.3, 0.4) is 0 Å². The highest BCUT2D eigenvalue weighted by Crippen LogP contribution is 2.21. The van der Waals surface area contributed by atoms with Crippen molar-refractivity contribution in [1.29, 1.82) is 0 Å².